The predicted octanol–water partition coefficient (Wildman–Crippen LogP) is 1.77. The molecule has 0 saturated carbocycles. The number of hydrogen-bond donors (Lipinski definition) is 1. The Morgan fingerprint density at radius 3 is 2.56 bits per heavy atom. The molecule has 3 heteroatoms. The van der Waals surface area contributed by atoms with Gasteiger partial charge in [0, 0.05) is 13.7 Å². The lowest BCUT2D eigenvalue weighted by Crippen LogP contribution is -2.09. The second kappa shape index (κ2) is 7.04. The largest absolute Gasteiger partial charge is 0.489 e. The van der Waals surface area contributed by atoms with Crippen LogP contribution in [0, 0.1) is 0 Å². The van der Waals surface area contributed by atoms with Crippen molar-refractivity contribution in [1.82, 2.24) is 0 Å². The van der Waals surface area contributed by atoms with Crippen LogP contribution in [0.15, 0.2) is 36.4 Å². The van der Waals surface area contributed by atoms with Crippen LogP contribution in [0.2, 0.25) is 0 Å². The molecule has 3 nitrogen and oxygen atoms in total. The molecule has 0 amide bonds. The Hall–Kier alpha value is -1.32. The molecule has 88 valence electrons. The Bertz CT molecular complexity index is 319. The molecule has 0 spiro atoms. The lowest BCUT2D eigenvalue weighted by atomic mass is 10.1. The van der Waals surface area contributed by atoms with E-state index in [1.54, 1.807) is 7.11 Å². The molecule has 0 aliphatic heterocycles. The van der Waals surface area contributed by atoms with Gasteiger partial charge in [-0.25, -0.2) is 0 Å². The molecule has 0 aromatic heterocycles. The first kappa shape index (κ1) is 12.7. The maximum Gasteiger partial charge on any atom is 0.119 e. The summed E-state index contributed by atoms with van der Waals surface area (Å²) in [7, 11) is 1.70. The van der Waals surface area contributed by atoms with Crippen molar-refractivity contribution in [3.05, 3.63) is 42.0 Å². The van der Waals surface area contributed by atoms with E-state index in [9.17, 15) is 0 Å². The van der Waals surface area contributed by atoms with E-state index in [0.717, 1.165) is 24.4 Å². The van der Waals surface area contributed by atoms with Crippen molar-refractivity contribution >= 4 is 0 Å². The van der Waals surface area contributed by atoms with Crippen LogP contribution < -0.4 is 10.5 Å². The fourth-order valence-electron chi connectivity index (χ4n) is 1.22. The van der Waals surface area contributed by atoms with E-state index in [4.69, 9.17) is 15.2 Å². The average Bonchev–Trinajstić information content (AvgIpc) is 2.34. The molecule has 0 unspecified atom stereocenters. The second-order valence-electron chi connectivity index (χ2n) is 3.63. The third-order valence-corrected chi connectivity index (χ3v) is 2.25. The van der Waals surface area contributed by atoms with Crippen LogP contribution in [0.5, 0.6) is 5.75 Å². The normalized spacial score (nSPS) is 10.1. The van der Waals surface area contributed by atoms with Crippen LogP contribution in [0.4, 0.5) is 0 Å². The van der Waals surface area contributed by atoms with E-state index in [0.29, 0.717) is 13.2 Å². The third kappa shape index (κ3) is 4.47. The molecule has 2 N–H and O–H groups in total. The highest BCUT2D eigenvalue weighted by molar-refractivity contribution is 5.27. The van der Waals surface area contributed by atoms with E-state index in [1.807, 2.05) is 24.3 Å². The van der Waals surface area contributed by atoms with E-state index >= 15 is 0 Å². The van der Waals surface area contributed by atoms with Crippen molar-refractivity contribution in [2.75, 3.05) is 26.9 Å². The van der Waals surface area contributed by atoms with Crippen LogP contribution in [0.1, 0.15) is 5.56 Å². The lowest BCUT2D eigenvalue weighted by Gasteiger charge is -2.07. The van der Waals surface area contributed by atoms with Crippen molar-refractivity contribution in [2.24, 2.45) is 5.73 Å². The smallest absolute Gasteiger partial charge is 0.119 e. The SMILES string of the molecule is C=C(CN)COc1ccc(CCOC)cc1. The second-order valence-corrected chi connectivity index (χ2v) is 3.63. The van der Waals surface area contributed by atoms with Crippen LogP contribution in [0.25, 0.3) is 0 Å². The molecule has 1 rings (SSSR count). The molecule has 0 fully saturated rings. The fraction of sp³-hybridized carbons (Fsp3) is 0.385. The molecule has 16 heavy (non-hydrogen) atoms. The van der Waals surface area contributed by atoms with Gasteiger partial charge in [0.05, 0.1) is 6.61 Å². The zero-order chi connectivity index (χ0) is 11.8. The van der Waals surface area contributed by atoms with Gasteiger partial charge in [-0.3, -0.25) is 0 Å². The summed E-state index contributed by atoms with van der Waals surface area (Å²) in [4.78, 5) is 0. The molecule has 1 aromatic carbocycles. The standard InChI is InChI=1S/C13H19NO2/c1-11(9-14)10-16-13-5-3-12(4-6-13)7-8-15-2/h3-6H,1,7-10,14H2,2H3. The zero-order valence-corrected chi connectivity index (χ0v) is 9.74. The maximum absolute atomic E-state index is 5.51. The van der Waals surface area contributed by atoms with Gasteiger partial charge in [0.2, 0.25) is 0 Å². The Morgan fingerprint density at radius 2 is 2.00 bits per heavy atom. The van der Waals surface area contributed by atoms with Crippen LogP contribution in [0.3, 0.4) is 0 Å². The number of nitrogens with two attached hydrogens (primary N) is 1. The number of hydrogen-bond acceptors (Lipinski definition) is 3. The van der Waals surface area contributed by atoms with E-state index in [1.165, 1.54) is 5.56 Å². The highest BCUT2D eigenvalue weighted by Crippen LogP contribution is 2.13. The van der Waals surface area contributed by atoms with Crippen molar-refractivity contribution in [1.29, 1.82) is 0 Å². The molecule has 0 bridgehead atoms. The first-order valence-corrected chi connectivity index (χ1v) is 5.33. The van der Waals surface area contributed by atoms with Crippen molar-refractivity contribution in [3.8, 4) is 5.75 Å². The molecule has 1 aromatic rings. The summed E-state index contributed by atoms with van der Waals surface area (Å²) in [6.45, 7) is 5.46. The molecule has 0 atom stereocenters. The maximum atomic E-state index is 5.51. The Balaban J connectivity index is 2.41. The Labute approximate surface area is 96.9 Å². The van der Waals surface area contributed by atoms with Gasteiger partial charge in [0.25, 0.3) is 0 Å². The Morgan fingerprint density at radius 1 is 1.31 bits per heavy atom. The quantitative estimate of drug-likeness (QED) is 0.714. The number of ether oxygens (including phenoxy) is 2. The molecule has 0 aliphatic rings. The first-order chi connectivity index (χ1) is 7.76. The highest BCUT2D eigenvalue weighted by Gasteiger charge is 1.97. The van der Waals surface area contributed by atoms with Crippen molar-refractivity contribution < 1.29 is 9.47 Å². The van der Waals surface area contributed by atoms with E-state index < -0.39 is 0 Å². The summed E-state index contributed by atoms with van der Waals surface area (Å²) >= 11 is 0. The third-order valence-electron chi connectivity index (χ3n) is 2.25. The minimum Gasteiger partial charge on any atom is -0.489 e. The van der Waals surface area contributed by atoms with Crippen LogP contribution in [-0.4, -0.2) is 26.9 Å². The zero-order valence-electron chi connectivity index (χ0n) is 9.74. The summed E-state index contributed by atoms with van der Waals surface area (Å²) < 4.78 is 10.5. The molecular weight excluding hydrogens is 202 g/mol. The van der Waals surface area contributed by atoms with E-state index in [-0.39, 0.29) is 0 Å². The summed E-state index contributed by atoms with van der Waals surface area (Å²) in [5, 5.41) is 0. The number of rotatable bonds is 7. The van der Waals surface area contributed by atoms with Gasteiger partial charge in [-0.15, -0.1) is 0 Å². The van der Waals surface area contributed by atoms with Gasteiger partial charge in [-0.2, -0.15) is 0 Å². The van der Waals surface area contributed by atoms with Gasteiger partial charge < -0.3 is 15.2 Å². The molecule has 0 heterocycles. The number of methoxy groups -OCH3 is 1. The van der Waals surface area contributed by atoms with Crippen molar-refractivity contribution in [2.45, 2.75) is 6.42 Å². The summed E-state index contributed by atoms with van der Waals surface area (Å²) in [5.74, 6) is 0.843. The first-order valence-electron chi connectivity index (χ1n) is 5.33. The van der Waals surface area contributed by atoms with Gasteiger partial charge in [-0.05, 0) is 29.7 Å². The van der Waals surface area contributed by atoms with Crippen molar-refractivity contribution in [3.63, 3.8) is 0 Å². The minimum atomic E-state index is 0.464. The van der Waals surface area contributed by atoms with Crippen LogP contribution >= 0.6 is 0 Å². The average molecular weight is 221 g/mol. The monoisotopic (exact) mass is 221 g/mol. The topological polar surface area (TPSA) is 44.5 Å². The van der Waals surface area contributed by atoms with E-state index in [2.05, 4.69) is 6.58 Å². The molecule has 0 aliphatic carbocycles. The van der Waals surface area contributed by atoms with Gasteiger partial charge in [0.15, 0.2) is 0 Å². The van der Waals surface area contributed by atoms with Gasteiger partial charge in [-0.1, -0.05) is 18.7 Å². The summed E-state index contributed by atoms with van der Waals surface area (Å²) in [6.07, 6.45) is 0.923. The molecule has 0 radical (unpaired) electrons. The van der Waals surface area contributed by atoms with Gasteiger partial charge in [0.1, 0.15) is 12.4 Å². The predicted molar refractivity (Wildman–Crippen MR) is 65.7 cm³/mol. The fourth-order valence-corrected chi connectivity index (χ4v) is 1.22. The highest BCUT2D eigenvalue weighted by atomic mass is 16.5. The minimum absolute atomic E-state index is 0.464. The van der Waals surface area contributed by atoms with Crippen LogP contribution in [-0.2, 0) is 11.2 Å². The Kier molecular flexibility index (Phi) is 5.61. The lowest BCUT2D eigenvalue weighted by molar-refractivity contribution is 0.202. The summed E-state index contributed by atoms with van der Waals surface area (Å²) in [5.41, 5.74) is 7.56. The molecular formula is C13H19NO2. The summed E-state index contributed by atoms with van der Waals surface area (Å²) in [6, 6.07) is 7.99. The number of benzene rings is 1. The molecule has 0 saturated heterocycles. The van der Waals surface area contributed by atoms with Gasteiger partial charge >= 0.3 is 0 Å².